The van der Waals surface area contributed by atoms with Gasteiger partial charge >= 0.3 is 0 Å². The van der Waals surface area contributed by atoms with Gasteiger partial charge in [0.05, 0.1) is 19.0 Å². The van der Waals surface area contributed by atoms with Crippen molar-refractivity contribution in [3.8, 4) is 0 Å². The molecule has 0 aliphatic carbocycles. The lowest BCUT2D eigenvalue weighted by molar-refractivity contribution is 0.177. The molecule has 1 aromatic heterocycles. The van der Waals surface area contributed by atoms with Crippen LogP contribution in [0.5, 0.6) is 0 Å². The van der Waals surface area contributed by atoms with Crippen LogP contribution in [-0.4, -0.2) is 26.1 Å². The molecule has 1 aromatic rings. The van der Waals surface area contributed by atoms with Gasteiger partial charge in [-0.25, -0.2) is 4.98 Å². The van der Waals surface area contributed by atoms with Gasteiger partial charge in [-0.05, 0) is 15.9 Å². The quantitative estimate of drug-likeness (QED) is 0.839. The van der Waals surface area contributed by atoms with Gasteiger partial charge in [-0.3, -0.25) is 9.36 Å². The molecule has 1 atom stereocenters. The van der Waals surface area contributed by atoms with Crippen molar-refractivity contribution < 1.29 is 5.11 Å². The van der Waals surface area contributed by atoms with Crippen molar-refractivity contribution >= 4 is 31.9 Å². The van der Waals surface area contributed by atoms with Gasteiger partial charge in [-0.1, -0.05) is 15.9 Å². The third kappa shape index (κ3) is 2.89. The molecule has 0 aliphatic heterocycles. The Hall–Kier alpha value is -0.200. The molecule has 1 rings (SSSR count). The highest BCUT2D eigenvalue weighted by Crippen LogP contribution is 1.99. The Morgan fingerprint density at radius 3 is 3.00 bits per heavy atom. The second kappa shape index (κ2) is 4.88. The van der Waals surface area contributed by atoms with Crippen molar-refractivity contribution in [1.82, 2.24) is 9.55 Å². The molecule has 0 saturated carbocycles. The first kappa shape index (κ1) is 10.9. The molecule has 6 heteroatoms. The third-order valence-corrected chi connectivity index (χ3v) is 2.74. The van der Waals surface area contributed by atoms with Gasteiger partial charge in [0.1, 0.15) is 4.47 Å². The lowest BCUT2D eigenvalue weighted by Crippen LogP contribution is -2.27. The second-order valence-corrected chi connectivity index (χ2v) is 4.01. The highest BCUT2D eigenvalue weighted by molar-refractivity contribution is 9.10. The average molecular weight is 312 g/mol. The van der Waals surface area contributed by atoms with Crippen molar-refractivity contribution in [2.45, 2.75) is 12.6 Å². The molecule has 1 heterocycles. The number of hydrogen-bond acceptors (Lipinski definition) is 3. The topological polar surface area (TPSA) is 55.1 Å². The second-order valence-electron chi connectivity index (χ2n) is 2.51. The number of nitrogens with zero attached hydrogens (tertiary/aromatic N) is 2. The number of alkyl halides is 1. The molecule has 72 valence electrons. The minimum atomic E-state index is -0.575. The van der Waals surface area contributed by atoms with Crippen molar-refractivity contribution in [3.63, 3.8) is 0 Å². The molecular weight excluding hydrogens is 304 g/mol. The van der Waals surface area contributed by atoms with Gasteiger partial charge < -0.3 is 5.11 Å². The van der Waals surface area contributed by atoms with E-state index in [1.54, 1.807) is 0 Å². The molecule has 0 fully saturated rings. The molecule has 0 aromatic carbocycles. The molecule has 0 spiro atoms. The molecule has 0 radical (unpaired) electrons. The van der Waals surface area contributed by atoms with Crippen LogP contribution in [0.2, 0.25) is 0 Å². The van der Waals surface area contributed by atoms with Gasteiger partial charge in [0.2, 0.25) is 0 Å². The normalized spacial score (nSPS) is 12.8. The first-order valence-electron chi connectivity index (χ1n) is 3.59. The number of aliphatic hydroxyl groups is 1. The minimum absolute atomic E-state index is 0.185. The summed E-state index contributed by atoms with van der Waals surface area (Å²) < 4.78 is 1.76. The Balaban J connectivity index is 2.89. The summed E-state index contributed by atoms with van der Waals surface area (Å²) in [6, 6.07) is 0. The summed E-state index contributed by atoms with van der Waals surface area (Å²) in [5, 5.41) is 9.71. The van der Waals surface area contributed by atoms with Crippen molar-refractivity contribution in [2.75, 3.05) is 5.33 Å². The molecule has 1 N–H and O–H groups in total. The van der Waals surface area contributed by atoms with Crippen LogP contribution in [0.1, 0.15) is 0 Å². The molecule has 13 heavy (non-hydrogen) atoms. The Morgan fingerprint density at radius 1 is 1.69 bits per heavy atom. The van der Waals surface area contributed by atoms with Crippen LogP contribution in [0.25, 0.3) is 0 Å². The van der Waals surface area contributed by atoms with E-state index in [9.17, 15) is 9.90 Å². The monoisotopic (exact) mass is 310 g/mol. The number of aliphatic hydroxyl groups excluding tert-OH is 1. The summed E-state index contributed by atoms with van der Waals surface area (Å²) in [4.78, 5) is 15.2. The standard InChI is InChI=1S/C7H8Br2N2O2/c8-1-5(12)3-11-4-10-2-6(9)7(11)13/h2,4-5,12H,1,3H2. The average Bonchev–Trinajstić information content (AvgIpc) is 2.13. The molecule has 0 saturated heterocycles. The summed E-state index contributed by atoms with van der Waals surface area (Å²) in [5.74, 6) is 0. The molecule has 1 unspecified atom stereocenters. The number of rotatable bonds is 3. The highest BCUT2D eigenvalue weighted by Gasteiger charge is 2.06. The Kier molecular flexibility index (Phi) is 4.08. The maximum atomic E-state index is 11.4. The van der Waals surface area contributed by atoms with E-state index in [4.69, 9.17) is 0 Å². The Morgan fingerprint density at radius 2 is 2.38 bits per heavy atom. The van der Waals surface area contributed by atoms with E-state index in [1.165, 1.54) is 17.1 Å². The zero-order valence-corrected chi connectivity index (χ0v) is 9.82. The summed E-state index contributed by atoms with van der Waals surface area (Å²) >= 11 is 6.19. The molecule has 4 nitrogen and oxygen atoms in total. The van der Waals surface area contributed by atoms with Crippen molar-refractivity contribution in [3.05, 3.63) is 27.4 Å². The van der Waals surface area contributed by atoms with Crippen LogP contribution in [0.15, 0.2) is 21.8 Å². The van der Waals surface area contributed by atoms with Crippen LogP contribution < -0.4 is 5.56 Å². The van der Waals surface area contributed by atoms with Crippen LogP contribution in [0.3, 0.4) is 0 Å². The van der Waals surface area contributed by atoms with Crippen LogP contribution in [0, 0.1) is 0 Å². The SMILES string of the molecule is O=c1c(Br)cncn1CC(O)CBr. The molecule has 0 bridgehead atoms. The Bertz CT molecular complexity index is 340. The van der Waals surface area contributed by atoms with Crippen LogP contribution in [0.4, 0.5) is 0 Å². The predicted molar refractivity (Wildman–Crippen MR) is 56.0 cm³/mol. The molecular formula is C7H8Br2N2O2. The minimum Gasteiger partial charge on any atom is -0.390 e. The fourth-order valence-corrected chi connectivity index (χ4v) is 1.38. The lowest BCUT2D eigenvalue weighted by Gasteiger charge is -2.08. The summed E-state index contributed by atoms with van der Waals surface area (Å²) in [6.07, 6.45) is 2.26. The fourth-order valence-electron chi connectivity index (χ4n) is 0.830. The zero-order chi connectivity index (χ0) is 9.84. The third-order valence-electron chi connectivity index (χ3n) is 1.44. The maximum Gasteiger partial charge on any atom is 0.267 e. The number of hydrogen-bond donors (Lipinski definition) is 1. The Labute approximate surface area is 91.9 Å². The van der Waals surface area contributed by atoms with Crippen molar-refractivity contribution in [2.24, 2.45) is 0 Å². The van der Waals surface area contributed by atoms with Gasteiger partial charge in [-0.2, -0.15) is 0 Å². The molecule has 0 aliphatic rings. The van der Waals surface area contributed by atoms with Crippen LogP contribution >= 0.6 is 31.9 Å². The van der Waals surface area contributed by atoms with E-state index < -0.39 is 6.10 Å². The van der Waals surface area contributed by atoms with Crippen LogP contribution in [-0.2, 0) is 6.54 Å². The van der Waals surface area contributed by atoms with Crippen molar-refractivity contribution in [1.29, 1.82) is 0 Å². The van der Waals surface area contributed by atoms with Gasteiger partial charge in [0, 0.05) is 11.5 Å². The smallest absolute Gasteiger partial charge is 0.267 e. The van der Waals surface area contributed by atoms with E-state index in [1.807, 2.05) is 0 Å². The molecule has 0 amide bonds. The van der Waals surface area contributed by atoms with Gasteiger partial charge in [0.15, 0.2) is 0 Å². The first-order chi connectivity index (χ1) is 6.15. The summed E-state index contributed by atoms with van der Waals surface area (Å²) in [5.41, 5.74) is -0.185. The van der Waals surface area contributed by atoms with Gasteiger partial charge in [0.25, 0.3) is 5.56 Å². The largest absolute Gasteiger partial charge is 0.390 e. The highest BCUT2D eigenvalue weighted by atomic mass is 79.9. The maximum absolute atomic E-state index is 11.4. The number of aromatic nitrogens is 2. The predicted octanol–water partition coefficient (Wildman–Crippen LogP) is 0.762. The van der Waals surface area contributed by atoms with E-state index in [0.717, 1.165) is 0 Å². The zero-order valence-electron chi connectivity index (χ0n) is 6.65. The fraction of sp³-hybridized carbons (Fsp3) is 0.429. The van der Waals surface area contributed by atoms with E-state index in [2.05, 4.69) is 36.8 Å². The van der Waals surface area contributed by atoms with E-state index in [-0.39, 0.29) is 12.1 Å². The summed E-state index contributed by atoms with van der Waals surface area (Å²) in [6.45, 7) is 0.247. The first-order valence-corrected chi connectivity index (χ1v) is 5.50. The van der Waals surface area contributed by atoms with E-state index >= 15 is 0 Å². The number of halogens is 2. The lowest BCUT2D eigenvalue weighted by atomic mass is 10.4. The summed E-state index contributed by atoms with van der Waals surface area (Å²) in [7, 11) is 0. The van der Waals surface area contributed by atoms with E-state index in [0.29, 0.717) is 9.80 Å². The van der Waals surface area contributed by atoms with Gasteiger partial charge in [-0.15, -0.1) is 0 Å².